The van der Waals surface area contributed by atoms with E-state index >= 15 is 0 Å². The first kappa shape index (κ1) is 18.1. The second-order valence-corrected chi connectivity index (χ2v) is 6.55. The van der Waals surface area contributed by atoms with Gasteiger partial charge in [-0.15, -0.1) is 0 Å². The van der Waals surface area contributed by atoms with Crippen LogP contribution in [0.2, 0.25) is 0 Å². The van der Waals surface area contributed by atoms with Gasteiger partial charge in [0.1, 0.15) is 5.82 Å². The lowest BCUT2D eigenvalue weighted by Crippen LogP contribution is -1.89. The Kier molecular flexibility index (Phi) is 6.01. The first-order valence-electron chi connectivity index (χ1n) is 9.30. The van der Waals surface area contributed by atoms with Gasteiger partial charge in [-0.1, -0.05) is 79.7 Å². The van der Waals surface area contributed by atoms with Gasteiger partial charge in [0, 0.05) is 5.56 Å². The average Bonchev–Trinajstić information content (AvgIpc) is 2.69. The molecule has 3 rings (SSSR count). The molecule has 3 aromatic rings. The minimum Gasteiger partial charge on any atom is -0.206 e. The van der Waals surface area contributed by atoms with Crippen LogP contribution in [0, 0.1) is 5.82 Å². The smallest absolute Gasteiger partial charge is 0.131 e. The molecule has 0 unspecified atom stereocenters. The Morgan fingerprint density at radius 3 is 2.00 bits per heavy atom. The van der Waals surface area contributed by atoms with Crippen molar-refractivity contribution in [3.63, 3.8) is 0 Å². The fourth-order valence-electron chi connectivity index (χ4n) is 3.13. The molecule has 0 aliphatic heterocycles. The Morgan fingerprint density at radius 2 is 1.38 bits per heavy atom. The maximum absolute atomic E-state index is 14.7. The topological polar surface area (TPSA) is 0 Å². The van der Waals surface area contributed by atoms with E-state index in [0.717, 1.165) is 36.0 Å². The normalized spacial score (nSPS) is 11.2. The second-order valence-electron chi connectivity index (χ2n) is 6.55. The summed E-state index contributed by atoms with van der Waals surface area (Å²) in [7, 11) is 0. The summed E-state index contributed by atoms with van der Waals surface area (Å²) in [6.45, 7) is 4.17. The first-order chi connectivity index (χ1) is 12.7. The van der Waals surface area contributed by atoms with E-state index in [4.69, 9.17) is 0 Å². The molecule has 0 saturated carbocycles. The molecule has 26 heavy (non-hydrogen) atoms. The Hall–Kier alpha value is -2.67. The van der Waals surface area contributed by atoms with Crippen LogP contribution in [0.1, 0.15) is 31.4 Å². The molecule has 0 aliphatic carbocycles. The molecule has 3 aromatic carbocycles. The summed E-state index contributed by atoms with van der Waals surface area (Å²) in [4.78, 5) is 0. The van der Waals surface area contributed by atoms with Crippen LogP contribution < -0.4 is 0 Å². The zero-order valence-corrected chi connectivity index (χ0v) is 15.5. The standard InChI is InChI=1S/C25H25F/c1-3-5-6-7-20-10-14-22(15-11-20)24-17-16-23(18-25(24)26)21-12-8-19(4-2)9-13-21/h3,5,8-18H,4,6-7H2,1-2H3/b5-3+. The van der Waals surface area contributed by atoms with Crippen LogP contribution in [0.4, 0.5) is 4.39 Å². The molecule has 0 nitrogen and oxygen atoms in total. The maximum atomic E-state index is 14.7. The number of hydrogen-bond acceptors (Lipinski definition) is 0. The third-order valence-corrected chi connectivity index (χ3v) is 4.76. The zero-order chi connectivity index (χ0) is 18.4. The summed E-state index contributed by atoms with van der Waals surface area (Å²) < 4.78 is 14.7. The highest BCUT2D eigenvalue weighted by molar-refractivity contribution is 5.71. The van der Waals surface area contributed by atoms with E-state index in [2.05, 4.69) is 55.5 Å². The van der Waals surface area contributed by atoms with Gasteiger partial charge in [-0.25, -0.2) is 4.39 Å². The van der Waals surface area contributed by atoms with Gasteiger partial charge in [0.15, 0.2) is 0 Å². The summed E-state index contributed by atoms with van der Waals surface area (Å²) in [5.41, 5.74) is 6.10. The number of halogens is 1. The lowest BCUT2D eigenvalue weighted by atomic mass is 9.97. The number of aryl methyl sites for hydroxylation is 2. The van der Waals surface area contributed by atoms with E-state index in [1.165, 1.54) is 11.1 Å². The first-order valence-corrected chi connectivity index (χ1v) is 9.30. The van der Waals surface area contributed by atoms with Crippen molar-refractivity contribution in [2.45, 2.75) is 33.1 Å². The van der Waals surface area contributed by atoms with Crippen LogP contribution in [-0.2, 0) is 12.8 Å². The molecule has 0 saturated heterocycles. The van der Waals surface area contributed by atoms with Crippen LogP contribution in [0.15, 0.2) is 78.9 Å². The maximum Gasteiger partial charge on any atom is 0.131 e. The summed E-state index contributed by atoms with van der Waals surface area (Å²) >= 11 is 0. The Balaban J connectivity index is 1.80. The van der Waals surface area contributed by atoms with Crippen molar-refractivity contribution < 1.29 is 4.39 Å². The molecule has 0 spiro atoms. The van der Waals surface area contributed by atoms with E-state index in [9.17, 15) is 4.39 Å². The predicted molar refractivity (Wildman–Crippen MR) is 110 cm³/mol. The molecule has 0 radical (unpaired) electrons. The number of benzene rings is 3. The minimum atomic E-state index is -0.177. The van der Waals surface area contributed by atoms with Crippen molar-refractivity contribution in [3.05, 3.63) is 95.8 Å². The van der Waals surface area contributed by atoms with E-state index in [0.29, 0.717) is 5.56 Å². The van der Waals surface area contributed by atoms with Crippen LogP contribution in [-0.4, -0.2) is 0 Å². The zero-order valence-electron chi connectivity index (χ0n) is 15.5. The number of rotatable bonds is 6. The molecule has 0 amide bonds. The van der Waals surface area contributed by atoms with Gasteiger partial charge in [-0.05, 0) is 60.1 Å². The molecule has 0 N–H and O–H groups in total. The molecular weight excluding hydrogens is 319 g/mol. The summed E-state index contributed by atoms with van der Waals surface area (Å²) in [5, 5.41) is 0. The summed E-state index contributed by atoms with van der Waals surface area (Å²) in [6.07, 6.45) is 7.30. The molecule has 0 fully saturated rings. The highest BCUT2D eigenvalue weighted by Crippen LogP contribution is 2.28. The quantitative estimate of drug-likeness (QED) is 0.414. The van der Waals surface area contributed by atoms with Gasteiger partial charge in [0.25, 0.3) is 0 Å². The molecule has 132 valence electrons. The number of allylic oxidation sites excluding steroid dienone is 2. The fraction of sp³-hybridized carbons (Fsp3) is 0.200. The highest BCUT2D eigenvalue weighted by atomic mass is 19.1. The molecular formula is C25H25F. The van der Waals surface area contributed by atoms with Crippen LogP contribution >= 0.6 is 0 Å². The lowest BCUT2D eigenvalue weighted by molar-refractivity contribution is 0.632. The highest BCUT2D eigenvalue weighted by Gasteiger charge is 2.08. The predicted octanol–water partition coefficient (Wildman–Crippen LogP) is 7.23. The minimum absolute atomic E-state index is 0.177. The Bertz CT molecular complexity index is 871. The third kappa shape index (κ3) is 4.29. The Morgan fingerprint density at radius 1 is 0.769 bits per heavy atom. The van der Waals surface area contributed by atoms with Crippen molar-refractivity contribution in [1.29, 1.82) is 0 Å². The molecule has 1 heteroatoms. The third-order valence-electron chi connectivity index (χ3n) is 4.76. The molecule has 0 heterocycles. The molecule has 0 aliphatic rings. The van der Waals surface area contributed by atoms with Crippen LogP contribution in [0.3, 0.4) is 0 Å². The van der Waals surface area contributed by atoms with Crippen molar-refractivity contribution in [1.82, 2.24) is 0 Å². The summed E-state index contributed by atoms with van der Waals surface area (Å²) in [5.74, 6) is -0.177. The van der Waals surface area contributed by atoms with Gasteiger partial charge in [-0.3, -0.25) is 0 Å². The van der Waals surface area contributed by atoms with Gasteiger partial charge < -0.3 is 0 Å². The van der Waals surface area contributed by atoms with E-state index < -0.39 is 0 Å². The van der Waals surface area contributed by atoms with Crippen molar-refractivity contribution in [2.75, 3.05) is 0 Å². The van der Waals surface area contributed by atoms with Gasteiger partial charge in [0.05, 0.1) is 0 Å². The van der Waals surface area contributed by atoms with E-state index in [1.54, 1.807) is 6.07 Å². The largest absolute Gasteiger partial charge is 0.206 e. The molecule has 0 atom stereocenters. The van der Waals surface area contributed by atoms with Crippen molar-refractivity contribution in [3.8, 4) is 22.3 Å². The SMILES string of the molecule is C/C=C/CCc1ccc(-c2ccc(-c3ccc(CC)cc3)cc2F)cc1. The molecule has 0 aromatic heterocycles. The lowest BCUT2D eigenvalue weighted by Gasteiger charge is -2.08. The van der Waals surface area contributed by atoms with Crippen molar-refractivity contribution in [2.24, 2.45) is 0 Å². The van der Waals surface area contributed by atoms with Gasteiger partial charge in [-0.2, -0.15) is 0 Å². The van der Waals surface area contributed by atoms with E-state index in [-0.39, 0.29) is 5.82 Å². The number of hydrogen-bond donors (Lipinski definition) is 0. The second kappa shape index (κ2) is 8.62. The summed E-state index contributed by atoms with van der Waals surface area (Å²) in [6, 6.07) is 22.1. The molecule has 0 bridgehead atoms. The van der Waals surface area contributed by atoms with Gasteiger partial charge in [0.2, 0.25) is 0 Å². The van der Waals surface area contributed by atoms with Crippen LogP contribution in [0.5, 0.6) is 0 Å². The van der Waals surface area contributed by atoms with E-state index in [1.807, 2.05) is 31.2 Å². The van der Waals surface area contributed by atoms with Crippen LogP contribution in [0.25, 0.3) is 22.3 Å². The fourth-order valence-corrected chi connectivity index (χ4v) is 3.13. The monoisotopic (exact) mass is 344 g/mol. The average molecular weight is 344 g/mol. The Labute approximate surface area is 156 Å². The van der Waals surface area contributed by atoms with Gasteiger partial charge >= 0.3 is 0 Å². The van der Waals surface area contributed by atoms with Crippen molar-refractivity contribution >= 4 is 0 Å².